The largest absolute Gasteiger partial charge is 0.493 e. The molecule has 12 heteroatoms. The third-order valence-corrected chi connectivity index (χ3v) is 7.97. The van der Waals surface area contributed by atoms with Crippen LogP contribution in [0.5, 0.6) is 23.0 Å². The molecule has 4 rings (SSSR count). The van der Waals surface area contributed by atoms with E-state index in [0.29, 0.717) is 34.1 Å². The van der Waals surface area contributed by atoms with Gasteiger partial charge >= 0.3 is 23.9 Å². The molecule has 0 spiro atoms. The monoisotopic (exact) mass is 644 g/mol. The van der Waals surface area contributed by atoms with Crippen LogP contribution in [0.2, 0.25) is 0 Å². The van der Waals surface area contributed by atoms with Gasteiger partial charge in [0.2, 0.25) is 0 Å². The van der Waals surface area contributed by atoms with Gasteiger partial charge in [0.15, 0.2) is 34.8 Å². The van der Waals surface area contributed by atoms with Crippen LogP contribution in [0.1, 0.15) is 66.5 Å². The van der Waals surface area contributed by atoms with Crippen molar-refractivity contribution in [3.05, 3.63) is 47.5 Å². The van der Waals surface area contributed by atoms with Gasteiger partial charge in [-0.1, -0.05) is 52.0 Å². The molecule has 0 bridgehead atoms. The summed E-state index contributed by atoms with van der Waals surface area (Å²) in [7, 11) is 6.08. The predicted molar refractivity (Wildman–Crippen MR) is 165 cm³/mol. The number of methoxy groups -OCH3 is 4. The van der Waals surface area contributed by atoms with Crippen molar-refractivity contribution >= 4 is 23.9 Å². The molecule has 0 saturated carbocycles. The van der Waals surface area contributed by atoms with Crippen LogP contribution in [0.3, 0.4) is 0 Å². The van der Waals surface area contributed by atoms with Gasteiger partial charge in [0.05, 0.1) is 28.4 Å². The van der Waals surface area contributed by atoms with Crippen molar-refractivity contribution in [1.29, 1.82) is 0 Å². The van der Waals surface area contributed by atoms with Crippen LogP contribution >= 0.6 is 0 Å². The highest BCUT2D eigenvalue weighted by Gasteiger charge is 2.53. The Morgan fingerprint density at radius 1 is 0.522 bits per heavy atom. The topological polar surface area (TPSA) is 142 Å². The van der Waals surface area contributed by atoms with Crippen molar-refractivity contribution in [1.82, 2.24) is 0 Å². The highest BCUT2D eigenvalue weighted by Crippen LogP contribution is 2.46. The number of ether oxygens (including phenoxy) is 8. The maximum absolute atomic E-state index is 12.4. The smallest absolute Gasteiger partial charge is 0.324 e. The number of hydrogen-bond acceptors (Lipinski definition) is 12. The van der Waals surface area contributed by atoms with Crippen LogP contribution in [-0.2, 0) is 49.0 Å². The van der Waals surface area contributed by atoms with E-state index in [-0.39, 0.29) is 0 Å². The Balaban J connectivity index is 0.000000250. The van der Waals surface area contributed by atoms with Crippen LogP contribution in [0, 0.1) is 11.8 Å². The van der Waals surface area contributed by atoms with Gasteiger partial charge in [-0.2, -0.15) is 0 Å². The molecule has 2 aliphatic heterocycles. The molecule has 46 heavy (non-hydrogen) atoms. The minimum absolute atomic E-state index is 0.477. The van der Waals surface area contributed by atoms with Crippen LogP contribution < -0.4 is 18.9 Å². The van der Waals surface area contributed by atoms with E-state index < -0.39 is 58.1 Å². The van der Waals surface area contributed by atoms with Crippen molar-refractivity contribution < 1.29 is 57.1 Å². The average molecular weight is 645 g/mol. The van der Waals surface area contributed by atoms with E-state index in [1.807, 2.05) is 0 Å². The number of para-hydroxylation sites is 2. The Labute approximate surface area is 269 Å². The van der Waals surface area contributed by atoms with Crippen molar-refractivity contribution in [2.45, 2.75) is 77.8 Å². The SMILES string of the molecule is COc1cccc(C(C)(C)C2C(=O)OC(C)(C)OC2=O)c1OC.COc1cccc(C(C)(C)C2C(=O)OC(C)(C)OC2=O)c1OC. The molecule has 2 aromatic carbocycles. The molecule has 2 fully saturated rings. The summed E-state index contributed by atoms with van der Waals surface area (Å²) in [6, 6.07) is 10.6. The summed E-state index contributed by atoms with van der Waals surface area (Å²) in [5.74, 6) is -5.11. The first-order chi connectivity index (χ1) is 21.3. The average Bonchev–Trinajstić information content (AvgIpc) is 2.93. The van der Waals surface area contributed by atoms with Crippen molar-refractivity contribution in [3.8, 4) is 23.0 Å². The minimum atomic E-state index is -1.25. The molecule has 12 nitrogen and oxygen atoms in total. The molecule has 0 radical (unpaired) electrons. The Kier molecular flexibility index (Phi) is 10.2. The summed E-state index contributed by atoms with van der Waals surface area (Å²) in [5.41, 5.74) is -0.467. The molecule has 0 aromatic heterocycles. The lowest BCUT2D eigenvalue weighted by molar-refractivity contribution is -0.245. The second-order valence-corrected chi connectivity index (χ2v) is 12.9. The fraction of sp³-hybridized carbons (Fsp3) is 0.529. The van der Waals surface area contributed by atoms with Crippen LogP contribution in [0.4, 0.5) is 0 Å². The van der Waals surface area contributed by atoms with Crippen molar-refractivity contribution in [2.24, 2.45) is 11.8 Å². The Bertz CT molecular complexity index is 1340. The van der Waals surface area contributed by atoms with Crippen molar-refractivity contribution in [2.75, 3.05) is 28.4 Å². The van der Waals surface area contributed by atoms with Gasteiger partial charge in [-0.15, -0.1) is 0 Å². The molecule has 2 heterocycles. The molecule has 2 aliphatic rings. The van der Waals surface area contributed by atoms with Crippen LogP contribution in [-0.4, -0.2) is 63.9 Å². The first-order valence-electron chi connectivity index (χ1n) is 14.6. The summed E-state index contributed by atoms with van der Waals surface area (Å²) < 4.78 is 42.4. The normalized spacial score (nSPS) is 18.2. The molecule has 0 aliphatic carbocycles. The molecular weight excluding hydrogens is 600 g/mol. The zero-order valence-electron chi connectivity index (χ0n) is 28.5. The van der Waals surface area contributed by atoms with E-state index in [0.717, 1.165) is 0 Å². The fourth-order valence-corrected chi connectivity index (χ4v) is 5.72. The number of carbonyl (C=O) groups is 4. The van der Waals surface area contributed by atoms with Gasteiger partial charge in [-0.3, -0.25) is 19.2 Å². The first kappa shape index (κ1) is 36.0. The van der Waals surface area contributed by atoms with Gasteiger partial charge in [-0.25, -0.2) is 0 Å². The van der Waals surface area contributed by atoms with Gasteiger partial charge in [0, 0.05) is 49.7 Å². The summed E-state index contributed by atoms with van der Waals surface area (Å²) in [5, 5.41) is 0. The van der Waals surface area contributed by atoms with E-state index in [4.69, 9.17) is 37.9 Å². The standard InChI is InChI=1S/2C17H22O6/c2*1-16(2,10-8-7-9-11(20-5)13(10)21-6)12-14(18)22-17(3,4)23-15(12)19/h2*7-9,12H,1-6H3. The molecule has 0 N–H and O–H groups in total. The molecule has 0 atom stereocenters. The highest BCUT2D eigenvalue weighted by molar-refractivity contribution is 5.99. The number of carbonyl (C=O) groups excluding carboxylic acids is 4. The van der Waals surface area contributed by atoms with Gasteiger partial charge in [-0.05, 0) is 12.1 Å². The Hall–Kier alpha value is -4.48. The van der Waals surface area contributed by atoms with E-state index in [1.165, 1.54) is 56.1 Å². The summed E-state index contributed by atoms with van der Waals surface area (Å²) in [6.07, 6.45) is 0. The zero-order chi connectivity index (χ0) is 34.8. The maximum Gasteiger partial charge on any atom is 0.324 e. The lowest BCUT2D eigenvalue weighted by Gasteiger charge is -2.40. The molecule has 2 aromatic rings. The highest BCUT2D eigenvalue weighted by atomic mass is 16.8. The number of cyclic esters (lactones) is 4. The lowest BCUT2D eigenvalue weighted by atomic mass is 9.72. The third-order valence-electron chi connectivity index (χ3n) is 7.97. The lowest BCUT2D eigenvalue weighted by Crippen LogP contribution is -2.52. The molecule has 252 valence electrons. The summed E-state index contributed by atoms with van der Waals surface area (Å²) in [4.78, 5) is 49.6. The van der Waals surface area contributed by atoms with E-state index >= 15 is 0 Å². The second kappa shape index (κ2) is 13.1. The molecule has 0 unspecified atom stereocenters. The van der Waals surface area contributed by atoms with Crippen LogP contribution in [0.25, 0.3) is 0 Å². The molecular formula is C34H44O12. The maximum atomic E-state index is 12.4. The number of esters is 4. The van der Waals surface area contributed by atoms with Gasteiger partial charge < -0.3 is 37.9 Å². The predicted octanol–water partition coefficient (Wildman–Crippen LogP) is 4.87. The molecule has 2 saturated heterocycles. The van der Waals surface area contributed by atoms with E-state index in [2.05, 4.69) is 0 Å². The third kappa shape index (κ3) is 7.00. The zero-order valence-corrected chi connectivity index (χ0v) is 28.5. The molecule has 0 amide bonds. The summed E-state index contributed by atoms with van der Waals surface area (Å²) >= 11 is 0. The van der Waals surface area contributed by atoms with E-state index in [1.54, 1.807) is 64.1 Å². The number of benzene rings is 2. The quantitative estimate of drug-likeness (QED) is 0.286. The Morgan fingerprint density at radius 3 is 1.04 bits per heavy atom. The summed E-state index contributed by atoms with van der Waals surface area (Å²) in [6.45, 7) is 13.2. The minimum Gasteiger partial charge on any atom is -0.493 e. The van der Waals surface area contributed by atoms with E-state index in [9.17, 15) is 19.2 Å². The van der Waals surface area contributed by atoms with Crippen molar-refractivity contribution in [3.63, 3.8) is 0 Å². The van der Waals surface area contributed by atoms with Crippen LogP contribution in [0.15, 0.2) is 36.4 Å². The fourth-order valence-electron chi connectivity index (χ4n) is 5.72. The first-order valence-corrected chi connectivity index (χ1v) is 14.6. The second-order valence-electron chi connectivity index (χ2n) is 12.9. The number of rotatable bonds is 8. The Morgan fingerprint density at radius 2 is 0.804 bits per heavy atom. The number of hydrogen-bond donors (Lipinski definition) is 0. The van der Waals surface area contributed by atoms with Gasteiger partial charge in [0.25, 0.3) is 11.6 Å². The van der Waals surface area contributed by atoms with Gasteiger partial charge in [0.1, 0.15) is 0 Å².